The molecule has 0 saturated carbocycles. The predicted octanol–water partition coefficient (Wildman–Crippen LogP) is -0.409. The summed E-state index contributed by atoms with van der Waals surface area (Å²) >= 11 is 0. The second kappa shape index (κ2) is 2.67. The van der Waals surface area contributed by atoms with Crippen molar-refractivity contribution in [3.8, 4) is 0 Å². The second-order valence-electron chi connectivity index (χ2n) is 1.40. The Hall–Kier alpha value is -0.465. The van der Waals surface area contributed by atoms with Crippen molar-refractivity contribution in [1.29, 1.82) is 0 Å². The van der Waals surface area contributed by atoms with Crippen molar-refractivity contribution < 1.29 is 4.79 Å². The maximum Gasteiger partial charge on any atom is 0.218 e. The van der Waals surface area contributed by atoms with E-state index >= 15 is 0 Å². The highest BCUT2D eigenvalue weighted by Gasteiger charge is 1.93. The summed E-state index contributed by atoms with van der Waals surface area (Å²) in [4.78, 5) is 11.7. The maximum atomic E-state index is 10.2. The average molecular weight is 96.9 g/mol. The quantitative estimate of drug-likeness (QED) is 0.407. The lowest BCUT2D eigenvalue weighted by atomic mass is 10.1. The Bertz CT molecular complexity index is 74.1. The molecule has 38 valence electrons. The summed E-state index contributed by atoms with van der Waals surface area (Å²) in [6.07, 6.45) is 0.301. The first-order valence-corrected chi connectivity index (χ1v) is 2.10. The van der Waals surface area contributed by atoms with Gasteiger partial charge < -0.3 is 4.90 Å². The molecular formula is C4H8BNO. The molecule has 2 nitrogen and oxygen atoms in total. The van der Waals surface area contributed by atoms with Gasteiger partial charge in [0.2, 0.25) is 5.91 Å². The number of carbonyl (C=O) groups excluding carboxylic acids is 1. The first-order valence-electron chi connectivity index (χ1n) is 2.10. The molecule has 0 bridgehead atoms. The van der Waals surface area contributed by atoms with Crippen molar-refractivity contribution in [2.75, 3.05) is 13.5 Å². The van der Waals surface area contributed by atoms with Gasteiger partial charge in [-0.2, -0.15) is 0 Å². The van der Waals surface area contributed by atoms with Crippen LogP contribution in [0.4, 0.5) is 0 Å². The summed E-state index contributed by atoms with van der Waals surface area (Å²) in [7, 11) is 6.73. The van der Waals surface area contributed by atoms with Crippen LogP contribution in [-0.2, 0) is 4.79 Å². The van der Waals surface area contributed by atoms with Crippen molar-refractivity contribution in [2.45, 2.75) is 6.92 Å². The summed E-state index contributed by atoms with van der Waals surface area (Å²) in [5, 5.41) is 0. The van der Waals surface area contributed by atoms with Crippen molar-refractivity contribution >= 4 is 13.8 Å². The first kappa shape index (κ1) is 6.53. The number of hydrogen-bond acceptors (Lipinski definition) is 1. The van der Waals surface area contributed by atoms with Crippen LogP contribution in [0.5, 0.6) is 0 Å². The Labute approximate surface area is 44.9 Å². The topological polar surface area (TPSA) is 20.3 Å². The number of amides is 1. The van der Waals surface area contributed by atoms with Crippen LogP contribution in [0.25, 0.3) is 0 Å². The fourth-order valence-electron chi connectivity index (χ4n) is 0.129. The molecule has 0 N–H and O–H groups in total. The lowest BCUT2D eigenvalue weighted by Crippen LogP contribution is -2.24. The Balaban J connectivity index is 3.34. The summed E-state index contributed by atoms with van der Waals surface area (Å²) in [6.45, 7) is 1.48. The monoisotopic (exact) mass is 97.1 g/mol. The molecule has 0 aromatic rings. The highest BCUT2D eigenvalue weighted by molar-refractivity contribution is 6.09. The third-order valence-corrected chi connectivity index (χ3v) is 0.811. The summed E-state index contributed by atoms with van der Waals surface area (Å²) < 4.78 is 0. The molecule has 0 heterocycles. The molecule has 0 rings (SSSR count). The van der Waals surface area contributed by atoms with Gasteiger partial charge in [0.1, 0.15) is 0 Å². The normalized spacial score (nSPS) is 8.29. The van der Waals surface area contributed by atoms with Crippen molar-refractivity contribution in [2.24, 2.45) is 0 Å². The molecule has 0 aromatic heterocycles. The molecule has 0 aliphatic carbocycles. The molecule has 0 atom stereocenters. The van der Waals surface area contributed by atoms with Gasteiger partial charge in [-0.1, -0.05) is 0 Å². The molecule has 0 unspecified atom stereocenters. The average Bonchev–Trinajstić information content (AvgIpc) is 1.65. The van der Waals surface area contributed by atoms with E-state index in [4.69, 9.17) is 7.85 Å². The van der Waals surface area contributed by atoms with Crippen LogP contribution in [0.1, 0.15) is 6.92 Å². The Morgan fingerprint density at radius 3 is 2.29 bits per heavy atom. The van der Waals surface area contributed by atoms with Gasteiger partial charge in [-0.05, 0) is 6.44 Å². The molecule has 0 saturated heterocycles. The molecule has 7 heavy (non-hydrogen) atoms. The molecule has 2 radical (unpaired) electrons. The van der Waals surface area contributed by atoms with E-state index in [9.17, 15) is 4.79 Å². The molecule has 0 aliphatic rings. The molecule has 1 amide bonds. The Kier molecular flexibility index (Phi) is 2.49. The van der Waals surface area contributed by atoms with Crippen LogP contribution in [0.15, 0.2) is 0 Å². The van der Waals surface area contributed by atoms with Gasteiger partial charge in [0.25, 0.3) is 0 Å². The van der Waals surface area contributed by atoms with E-state index in [-0.39, 0.29) is 5.91 Å². The van der Waals surface area contributed by atoms with Gasteiger partial charge in [-0.3, -0.25) is 4.79 Å². The van der Waals surface area contributed by atoms with Gasteiger partial charge in [-0.15, -0.1) is 0 Å². The third kappa shape index (κ3) is 2.26. The molecule has 0 aliphatic heterocycles. The van der Waals surface area contributed by atoms with E-state index in [1.54, 1.807) is 7.05 Å². The van der Waals surface area contributed by atoms with Gasteiger partial charge in [-0.25, -0.2) is 0 Å². The smallest absolute Gasteiger partial charge is 0.218 e. The highest BCUT2D eigenvalue weighted by Crippen LogP contribution is 1.75. The SMILES string of the molecule is [B]CN(C)C(C)=O. The van der Waals surface area contributed by atoms with Crippen LogP contribution < -0.4 is 0 Å². The Morgan fingerprint density at radius 1 is 1.86 bits per heavy atom. The van der Waals surface area contributed by atoms with E-state index in [0.717, 1.165) is 0 Å². The highest BCUT2D eigenvalue weighted by atomic mass is 16.2. The van der Waals surface area contributed by atoms with Crippen molar-refractivity contribution in [3.63, 3.8) is 0 Å². The number of nitrogens with zero attached hydrogens (tertiary/aromatic N) is 1. The van der Waals surface area contributed by atoms with E-state index in [2.05, 4.69) is 0 Å². The van der Waals surface area contributed by atoms with Gasteiger partial charge in [0, 0.05) is 14.0 Å². The van der Waals surface area contributed by atoms with Crippen molar-refractivity contribution in [1.82, 2.24) is 4.90 Å². The van der Waals surface area contributed by atoms with Crippen molar-refractivity contribution in [3.05, 3.63) is 0 Å². The third-order valence-electron chi connectivity index (χ3n) is 0.811. The standard InChI is InChI=1S/C4H8BNO/c1-4(7)6(2)3-5/h3H2,1-2H3. The van der Waals surface area contributed by atoms with Crippen LogP contribution in [0, 0.1) is 0 Å². The lowest BCUT2D eigenvalue weighted by Gasteiger charge is -2.09. The van der Waals surface area contributed by atoms with Gasteiger partial charge in [0.05, 0.1) is 7.85 Å². The second-order valence-corrected chi connectivity index (χ2v) is 1.40. The largest absolute Gasteiger partial charge is 0.355 e. The molecule has 3 heteroatoms. The first-order chi connectivity index (χ1) is 3.18. The van der Waals surface area contributed by atoms with Gasteiger partial charge >= 0.3 is 0 Å². The minimum absolute atomic E-state index is 0.00231. The zero-order valence-electron chi connectivity index (χ0n) is 4.64. The van der Waals surface area contributed by atoms with E-state index < -0.39 is 0 Å². The summed E-state index contributed by atoms with van der Waals surface area (Å²) in [5.74, 6) is 0.00231. The number of carbonyl (C=O) groups is 1. The lowest BCUT2D eigenvalue weighted by molar-refractivity contribution is -0.126. The zero-order chi connectivity index (χ0) is 5.86. The zero-order valence-corrected chi connectivity index (χ0v) is 4.64. The number of rotatable bonds is 1. The fourth-order valence-corrected chi connectivity index (χ4v) is 0.129. The molecule has 0 fully saturated rings. The van der Waals surface area contributed by atoms with Crippen LogP contribution >= 0.6 is 0 Å². The predicted molar refractivity (Wildman–Crippen MR) is 29.1 cm³/mol. The fraction of sp³-hybridized carbons (Fsp3) is 0.750. The van der Waals surface area contributed by atoms with E-state index in [1.807, 2.05) is 0 Å². The minimum Gasteiger partial charge on any atom is -0.355 e. The summed E-state index contributed by atoms with van der Waals surface area (Å²) in [6, 6.07) is 0. The van der Waals surface area contributed by atoms with Crippen LogP contribution in [0.2, 0.25) is 0 Å². The van der Waals surface area contributed by atoms with Gasteiger partial charge in [0.15, 0.2) is 0 Å². The molecule has 0 aromatic carbocycles. The minimum atomic E-state index is 0.00231. The summed E-state index contributed by atoms with van der Waals surface area (Å²) in [5.41, 5.74) is 0. The molecule has 0 spiro atoms. The van der Waals surface area contributed by atoms with E-state index in [0.29, 0.717) is 6.44 Å². The maximum absolute atomic E-state index is 10.2. The van der Waals surface area contributed by atoms with Crippen LogP contribution in [0.3, 0.4) is 0 Å². The number of hydrogen-bond donors (Lipinski definition) is 0. The van der Waals surface area contributed by atoms with E-state index in [1.165, 1.54) is 11.8 Å². The van der Waals surface area contributed by atoms with Crippen LogP contribution in [-0.4, -0.2) is 32.1 Å². The Morgan fingerprint density at radius 2 is 2.29 bits per heavy atom. The molecular weight excluding hydrogens is 88.9 g/mol.